The number of hydrogen-bond acceptors (Lipinski definition) is 4. The van der Waals surface area contributed by atoms with Crippen LogP contribution in [0.4, 0.5) is 5.69 Å². The van der Waals surface area contributed by atoms with Gasteiger partial charge in [-0.15, -0.1) is 0 Å². The largest absolute Gasteiger partial charge is 0.478 e. The molecule has 1 heterocycles. The lowest BCUT2D eigenvalue weighted by molar-refractivity contribution is -0.123. The van der Waals surface area contributed by atoms with Gasteiger partial charge in [0, 0.05) is 5.56 Å². The van der Waals surface area contributed by atoms with Crippen molar-refractivity contribution in [2.75, 3.05) is 5.32 Å². The van der Waals surface area contributed by atoms with Gasteiger partial charge in [0.05, 0.1) is 5.69 Å². The number of benzene rings is 2. The average Bonchev–Trinajstić information content (AvgIpc) is 2.62. The summed E-state index contributed by atoms with van der Waals surface area (Å²) in [7, 11) is 0. The minimum Gasteiger partial charge on any atom is -0.478 e. The highest BCUT2D eigenvalue weighted by atomic mass is 16.5. The van der Waals surface area contributed by atoms with Crippen LogP contribution < -0.4 is 15.5 Å². The summed E-state index contributed by atoms with van der Waals surface area (Å²) in [5.74, 6) is -0.380. The number of aryl methyl sites for hydroxylation is 1. The molecule has 2 aromatic carbocycles. The number of carbonyl (C=O) groups is 2. The van der Waals surface area contributed by atoms with Crippen LogP contribution in [-0.2, 0) is 11.2 Å². The minimum absolute atomic E-state index is 0.185. The first-order chi connectivity index (χ1) is 11.7. The molecule has 0 aromatic heterocycles. The predicted molar refractivity (Wildman–Crippen MR) is 88.1 cm³/mol. The molecule has 1 atom stereocenters. The van der Waals surface area contributed by atoms with Gasteiger partial charge in [0.1, 0.15) is 5.75 Å². The van der Waals surface area contributed by atoms with Crippen molar-refractivity contribution in [2.45, 2.75) is 25.4 Å². The zero-order valence-corrected chi connectivity index (χ0v) is 13.0. The topological polar surface area (TPSA) is 87.7 Å². The third-order valence-electron chi connectivity index (χ3n) is 3.94. The van der Waals surface area contributed by atoms with Gasteiger partial charge in [-0.25, -0.2) is 5.48 Å². The van der Waals surface area contributed by atoms with Crippen molar-refractivity contribution >= 4 is 17.5 Å². The van der Waals surface area contributed by atoms with Gasteiger partial charge >= 0.3 is 0 Å². The van der Waals surface area contributed by atoms with Gasteiger partial charge in [-0.2, -0.15) is 0 Å². The summed E-state index contributed by atoms with van der Waals surface area (Å²) < 4.78 is 5.74. The maximum absolute atomic E-state index is 12.1. The smallest absolute Gasteiger partial charge is 0.274 e. The maximum atomic E-state index is 12.1. The van der Waals surface area contributed by atoms with Gasteiger partial charge in [-0.3, -0.25) is 14.8 Å². The molecule has 1 unspecified atom stereocenters. The van der Waals surface area contributed by atoms with Gasteiger partial charge in [-0.05, 0) is 43.0 Å². The molecule has 1 aliphatic rings. The van der Waals surface area contributed by atoms with Crippen LogP contribution in [0.25, 0.3) is 0 Å². The number of hydroxylamine groups is 1. The van der Waals surface area contributed by atoms with Crippen LogP contribution in [0.1, 0.15) is 28.8 Å². The second-order valence-electron chi connectivity index (χ2n) is 5.63. The van der Waals surface area contributed by atoms with Gasteiger partial charge in [0.2, 0.25) is 0 Å². The Hall–Kier alpha value is -2.86. The lowest BCUT2D eigenvalue weighted by Crippen LogP contribution is -2.37. The van der Waals surface area contributed by atoms with Crippen LogP contribution in [0.2, 0.25) is 0 Å². The van der Waals surface area contributed by atoms with Gasteiger partial charge in [0.15, 0.2) is 6.10 Å². The molecule has 2 aromatic rings. The summed E-state index contributed by atoms with van der Waals surface area (Å²) in [6.45, 7) is 0. The van der Waals surface area contributed by atoms with Crippen LogP contribution >= 0.6 is 0 Å². The molecule has 3 N–H and O–H groups in total. The second-order valence-corrected chi connectivity index (χ2v) is 5.63. The van der Waals surface area contributed by atoms with Crippen molar-refractivity contribution in [1.29, 1.82) is 0 Å². The third-order valence-corrected chi connectivity index (χ3v) is 3.94. The molecule has 0 saturated carbocycles. The van der Waals surface area contributed by atoms with E-state index < -0.39 is 12.0 Å². The van der Waals surface area contributed by atoms with E-state index in [1.54, 1.807) is 11.5 Å². The Bertz CT molecular complexity index is 746. The van der Waals surface area contributed by atoms with Crippen LogP contribution in [0, 0.1) is 0 Å². The summed E-state index contributed by atoms with van der Waals surface area (Å²) in [6, 6.07) is 14.6. The summed E-state index contributed by atoms with van der Waals surface area (Å²) >= 11 is 0. The van der Waals surface area contributed by atoms with Crippen molar-refractivity contribution in [1.82, 2.24) is 5.48 Å². The predicted octanol–water partition coefficient (Wildman–Crippen LogP) is 2.53. The van der Waals surface area contributed by atoms with E-state index in [1.165, 1.54) is 17.7 Å². The SMILES string of the molecule is O=C(NO)c1ccc2c(c1)OC(CCCc1ccccc1)C(=O)N2. The summed E-state index contributed by atoms with van der Waals surface area (Å²) in [5.41, 5.74) is 3.58. The van der Waals surface area contributed by atoms with Gasteiger partial charge in [0.25, 0.3) is 11.8 Å². The molecule has 24 heavy (non-hydrogen) atoms. The number of hydrogen-bond donors (Lipinski definition) is 3. The number of ether oxygens (including phenoxy) is 1. The third kappa shape index (κ3) is 3.55. The molecule has 0 radical (unpaired) electrons. The molecule has 3 rings (SSSR count). The van der Waals surface area contributed by atoms with E-state index in [-0.39, 0.29) is 11.5 Å². The lowest BCUT2D eigenvalue weighted by atomic mass is 10.0. The zero-order valence-electron chi connectivity index (χ0n) is 13.0. The summed E-state index contributed by atoms with van der Waals surface area (Å²) in [6.07, 6.45) is 1.67. The highest BCUT2D eigenvalue weighted by molar-refractivity contribution is 6.00. The van der Waals surface area contributed by atoms with Crippen LogP contribution in [0.3, 0.4) is 0 Å². The van der Waals surface area contributed by atoms with Crippen molar-refractivity contribution in [3.63, 3.8) is 0 Å². The fourth-order valence-electron chi connectivity index (χ4n) is 2.68. The normalized spacial score (nSPS) is 15.9. The van der Waals surface area contributed by atoms with Crippen LogP contribution in [0.15, 0.2) is 48.5 Å². The number of anilines is 1. The van der Waals surface area contributed by atoms with E-state index in [0.29, 0.717) is 17.9 Å². The van der Waals surface area contributed by atoms with Gasteiger partial charge < -0.3 is 10.1 Å². The zero-order chi connectivity index (χ0) is 16.9. The second kappa shape index (κ2) is 7.14. The highest BCUT2D eigenvalue weighted by Crippen LogP contribution is 2.31. The first-order valence-electron chi connectivity index (χ1n) is 7.77. The minimum atomic E-state index is -0.626. The molecule has 0 aliphatic carbocycles. The Kier molecular flexibility index (Phi) is 4.77. The number of fused-ring (bicyclic) bond motifs is 1. The number of amides is 2. The molecular formula is C18H18N2O4. The number of carbonyl (C=O) groups excluding carboxylic acids is 2. The molecule has 1 aliphatic heterocycles. The van der Waals surface area contributed by atoms with E-state index in [1.807, 2.05) is 18.2 Å². The molecule has 0 spiro atoms. The Morgan fingerprint density at radius 2 is 2.00 bits per heavy atom. The molecule has 6 nitrogen and oxygen atoms in total. The first kappa shape index (κ1) is 16.0. The van der Waals surface area contributed by atoms with Crippen molar-refractivity contribution in [3.8, 4) is 5.75 Å². The van der Waals surface area contributed by atoms with Crippen molar-refractivity contribution in [3.05, 3.63) is 59.7 Å². The van der Waals surface area contributed by atoms with Crippen molar-refractivity contribution < 1.29 is 19.5 Å². The monoisotopic (exact) mass is 326 g/mol. The van der Waals surface area contributed by atoms with E-state index in [0.717, 1.165) is 12.8 Å². The molecule has 0 fully saturated rings. The molecule has 2 amide bonds. The molecule has 124 valence electrons. The van der Waals surface area contributed by atoms with E-state index in [9.17, 15) is 9.59 Å². The summed E-state index contributed by atoms with van der Waals surface area (Å²) in [5, 5.41) is 11.5. The Morgan fingerprint density at radius 1 is 1.21 bits per heavy atom. The van der Waals surface area contributed by atoms with E-state index in [4.69, 9.17) is 9.94 Å². The summed E-state index contributed by atoms with van der Waals surface area (Å²) in [4.78, 5) is 23.6. The van der Waals surface area contributed by atoms with E-state index in [2.05, 4.69) is 17.4 Å². The van der Waals surface area contributed by atoms with Crippen LogP contribution in [0.5, 0.6) is 5.75 Å². The molecule has 0 bridgehead atoms. The fraction of sp³-hybridized carbons (Fsp3) is 0.222. The van der Waals surface area contributed by atoms with Crippen molar-refractivity contribution in [2.24, 2.45) is 0 Å². The Labute approximate surface area is 139 Å². The Morgan fingerprint density at radius 3 is 2.75 bits per heavy atom. The highest BCUT2D eigenvalue weighted by Gasteiger charge is 2.27. The Balaban J connectivity index is 1.64. The van der Waals surface area contributed by atoms with E-state index >= 15 is 0 Å². The standard InChI is InChI=1S/C18H18N2O4/c21-17(20-23)13-9-10-14-16(11-13)24-15(18(22)19-14)8-4-7-12-5-2-1-3-6-12/h1-3,5-6,9-11,15,23H,4,7-8H2,(H,19,22)(H,20,21). The van der Waals surface area contributed by atoms with Gasteiger partial charge in [-0.1, -0.05) is 30.3 Å². The fourth-order valence-corrected chi connectivity index (χ4v) is 2.68. The number of nitrogens with one attached hydrogen (secondary N) is 2. The average molecular weight is 326 g/mol. The van der Waals surface area contributed by atoms with Crippen LogP contribution in [-0.4, -0.2) is 23.1 Å². The lowest BCUT2D eigenvalue weighted by Gasteiger charge is -2.26. The first-order valence-corrected chi connectivity index (χ1v) is 7.77. The number of rotatable bonds is 5. The maximum Gasteiger partial charge on any atom is 0.274 e. The molecular weight excluding hydrogens is 308 g/mol. The molecule has 0 saturated heterocycles. The quantitative estimate of drug-likeness (QED) is 0.582. The molecule has 6 heteroatoms.